The van der Waals surface area contributed by atoms with Crippen LogP contribution in [0.25, 0.3) is 0 Å². The molecule has 0 aromatic carbocycles. The van der Waals surface area contributed by atoms with Crippen LogP contribution in [0.1, 0.15) is 34.1 Å². The first-order valence-corrected chi connectivity index (χ1v) is 3.76. The maximum absolute atomic E-state index is 9.50. The van der Waals surface area contributed by atoms with Gasteiger partial charge in [0.15, 0.2) is 0 Å². The second-order valence-electron chi connectivity index (χ2n) is 3.54. The van der Waals surface area contributed by atoms with E-state index >= 15 is 0 Å². The SMILES string of the molecule is CC/C(C#N)=C(\O)C(C)(C)C. The van der Waals surface area contributed by atoms with Crippen molar-refractivity contribution in [3.05, 3.63) is 11.3 Å². The van der Waals surface area contributed by atoms with E-state index in [1.165, 1.54) is 0 Å². The summed E-state index contributed by atoms with van der Waals surface area (Å²) in [6.07, 6.45) is 0.597. The van der Waals surface area contributed by atoms with Gasteiger partial charge in [-0.25, -0.2) is 0 Å². The Kier molecular flexibility index (Phi) is 3.13. The van der Waals surface area contributed by atoms with E-state index < -0.39 is 0 Å². The van der Waals surface area contributed by atoms with Gasteiger partial charge in [-0.3, -0.25) is 0 Å². The molecular formula is C9H15NO. The molecule has 2 heteroatoms. The third-order valence-corrected chi connectivity index (χ3v) is 1.48. The fraction of sp³-hybridized carbons (Fsp3) is 0.667. The monoisotopic (exact) mass is 153 g/mol. The molecule has 1 N–H and O–H groups in total. The van der Waals surface area contributed by atoms with Crippen molar-refractivity contribution in [3.63, 3.8) is 0 Å². The van der Waals surface area contributed by atoms with E-state index in [9.17, 15) is 5.11 Å². The summed E-state index contributed by atoms with van der Waals surface area (Å²) in [6, 6.07) is 1.99. The number of aliphatic hydroxyl groups is 1. The molecule has 0 bridgehead atoms. The van der Waals surface area contributed by atoms with Crippen molar-refractivity contribution >= 4 is 0 Å². The van der Waals surface area contributed by atoms with Crippen LogP contribution in [0.3, 0.4) is 0 Å². The summed E-state index contributed by atoms with van der Waals surface area (Å²) < 4.78 is 0. The molecule has 0 aromatic rings. The minimum Gasteiger partial charge on any atom is -0.511 e. The van der Waals surface area contributed by atoms with E-state index in [-0.39, 0.29) is 11.2 Å². The standard InChI is InChI=1S/C9H15NO/c1-5-7(6-10)8(11)9(2,3)4/h11H,5H2,1-4H3/b8-7+. The average Bonchev–Trinajstić information content (AvgIpc) is 1.88. The van der Waals surface area contributed by atoms with Gasteiger partial charge < -0.3 is 5.11 Å². The lowest BCUT2D eigenvalue weighted by molar-refractivity contribution is 0.272. The molecule has 0 rings (SSSR count). The molecule has 11 heavy (non-hydrogen) atoms. The van der Waals surface area contributed by atoms with E-state index in [4.69, 9.17) is 5.26 Å². The Morgan fingerprint density at radius 1 is 1.45 bits per heavy atom. The van der Waals surface area contributed by atoms with Crippen molar-refractivity contribution in [1.82, 2.24) is 0 Å². The predicted octanol–water partition coefficient (Wildman–Crippen LogP) is 2.78. The van der Waals surface area contributed by atoms with Crippen molar-refractivity contribution < 1.29 is 5.11 Å². The lowest BCUT2D eigenvalue weighted by atomic mass is 9.90. The van der Waals surface area contributed by atoms with Crippen LogP contribution in [-0.4, -0.2) is 5.11 Å². The molecule has 0 fully saturated rings. The molecule has 62 valence electrons. The van der Waals surface area contributed by atoms with Crippen molar-refractivity contribution in [2.24, 2.45) is 5.41 Å². The summed E-state index contributed by atoms with van der Waals surface area (Å²) in [7, 11) is 0. The van der Waals surface area contributed by atoms with Gasteiger partial charge in [-0.2, -0.15) is 5.26 Å². The van der Waals surface area contributed by atoms with E-state index in [0.717, 1.165) is 0 Å². The lowest BCUT2D eigenvalue weighted by Gasteiger charge is -2.18. The topological polar surface area (TPSA) is 44.0 Å². The fourth-order valence-electron chi connectivity index (χ4n) is 0.752. The van der Waals surface area contributed by atoms with Gasteiger partial charge in [-0.05, 0) is 6.42 Å². The van der Waals surface area contributed by atoms with E-state index in [2.05, 4.69) is 0 Å². The molecule has 0 heterocycles. The molecule has 0 radical (unpaired) electrons. The molecule has 0 aliphatic rings. The first-order valence-electron chi connectivity index (χ1n) is 3.76. The van der Waals surface area contributed by atoms with Crippen LogP contribution >= 0.6 is 0 Å². The van der Waals surface area contributed by atoms with Gasteiger partial charge in [-0.1, -0.05) is 27.7 Å². The lowest BCUT2D eigenvalue weighted by Crippen LogP contribution is -2.11. The third-order valence-electron chi connectivity index (χ3n) is 1.48. The Hall–Kier alpha value is -0.970. The molecule has 0 atom stereocenters. The number of nitriles is 1. The summed E-state index contributed by atoms with van der Waals surface area (Å²) in [5.41, 5.74) is 0.179. The first kappa shape index (κ1) is 10.0. The number of hydrogen-bond donors (Lipinski definition) is 1. The maximum atomic E-state index is 9.50. The summed E-state index contributed by atoms with van der Waals surface area (Å²) in [5, 5.41) is 18.1. The maximum Gasteiger partial charge on any atom is 0.111 e. The zero-order valence-corrected chi connectivity index (χ0v) is 7.60. The summed E-state index contributed by atoms with van der Waals surface area (Å²) in [5.74, 6) is 0.211. The Morgan fingerprint density at radius 3 is 2.00 bits per heavy atom. The molecule has 0 aromatic heterocycles. The summed E-state index contributed by atoms with van der Waals surface area (Å²) >= 11 is 0. The van der Waals surface area contributed by atoms with E-state index in [1.54, 1.807) is 0 Å². The van der Waals surface area contributed by atoms with Crippen LogP contribution in [-0.2, 0) is 0 Å². The van der Waals surface area contributed by atoms with Crippen LogP contribution in [0, 0.1) is 16.7 Å². The fourth-order valence-corrected chi connectivity index (χ4v) is 0.752. The first-order chi connectivity index (χ1) is 4.93. The van der Waals surface area contributed by atoms with Crippen LogP contribution < -0.4 is 0 Å². The normalized spacial score (nSPS) is 13.7. The largest absolute Gasteiger partial charge is 0.511 e. The van der Waals surface area contributed by atoms with Gasteiger partial charge >= 0.3 is 0 Å². The Labute approximate surface area is 68.2 Å². The molecule has 0 saturated carbocycles. The van der Waals surface area contributed by atoms with Gasteiger partial charge in [0.2, 0.25) is 0 Å². The summed E-state index contributed by atoms with van der Waals surface area (Å²) in [6.45, 7) is 7.51. The number of rotatable bonds is 1. The highest BCUT2D eigenvalue weighted by Gasteiger charge is 2.19. The quantitative estimate of drug-likeness (QED) is 0.465. The van der Waals surface area contributed by atoms with Crippen molar-refractivity contribution in [2.45, 2.75) is 34.1 Å². The second-order valence-corrected chi connectivity index (χ2v) is 3.54. The zero-order chi connectivity index (χ0) is 9.07. The highest BCUT2D eigenvalue weighted by atomic mass is 16.3. The van der Waals surface area contributed by atoms with Gasteiger partial charge in [0.1, 0.15) is 5.76 Å². The Morgan fingerprint density at radius 2 is 1.91 bits per heavy atom. The zero-order valence-electron chi connectivity index (χ0n) is 7.60. The van der Waals surface area contributed by atoms with E-state index in [1.807, 2.05) is 33.8 Å². The van der Waals surface area contributed by atoms with Gasteiger partial charge in [0, 0.05) is 5.41 Å². The van der Waals surface area contributed by atoms with Crippen molar-refractivity contribution in [1.29, 1.82) is 5.26 Å². The highest BCUT2D eigenvalue weighted by Crippen LogP contribution is 2.26. The van der Waals surface area contributed by atoms with Crippen LogP contribution in [0.15, 0.2) is 11.3 Å². The molecule has 0 aliphatic carbocycles. The van der Waals surface area contributed by atoms with Gasteiger partial charge in [0.05, 0.1) is 11.6 Å². The van der Waals surface area contributed by atoms with Gasteiger partial charge in [0.25, 0.3) is 0 Å². The van der Waals surface area contributed by atoms with Crippen molar-refractivity contribution in [2.75, 3.05) is 0 Å². The number of allylic oxidation sites excluding steroid dienone is 2. The van der Waals surface area contributed by atoms with E-state index in [0.29, 0.717) is 12.0 Å². The second kappa shape index (κ2) is 3.43. The Bertz CT molecular complexity index is 203. The Balaban J connectivity index is 4.81. The molecule has 2 nitrogen and oxygen atoms in total. The number of hydrogen-bond acceptors (Lipinski definition) is 2. The predicted molar refractivity (Wildman–Crippen MR) is 45.0 cm³/mol. The smallest absolute Gasteiger partial charge is 0.111 e. The minimum atomic E-state index is -0.304. The molecule has 0 aliphatic heterocycles. The average molecular weight is 153 g/mol. The molecule has 0 unspecified atom stereocenters. The molecular weight excluding hydrogens is 138 g/mol. The van der Waals surface area contributed by atoms with Crippen LogP contribution in [0.2, 0.25) is 0 Å². The number of aliphatic hydroxyl groups excluding tert-OH is 1. The molecule has 0 saturated heterocycles. The molecule has 0 amide bonds. The van der Waals surface area contributed by atoms with Crippen molar-refractivity contribution in [3.8, 4) is 6.07 Å². The minimum absolute atomic E-state index is 0.211. The highest BCUT2D eigenvalue weighted by molar-refractivity contribution is 5.26. The number of nitrogens with zero attached hydrogens (tertiary/aromatic N) is 1. The van der Waals surface area contributed by atoms with Crippen LogP contribution in [0.4, 0.5) is 0 Å². The van der Waals surface area contributed by atoms with Crippen LogP contribution in [0.5, 0.6) is 0 Å². The summed E-state index contributed by atoms with van der Waals surface area (Å²) in [4.78, 5) is 0. The third kappa shape index (κ3) is 2.63. The van der Waals surface area contributed by atoms with Gasteiger partial charge in [-0.15, -0.1) is 0 Å². The molecule has 0 spiro atoms.